The lowest BCUT2D eigenvalue weighted by Crippen LogP contribution is -2.22. The molecule has 1 aliphatic rings. The smallest absolute Gasteiger partial charge is 0.269 e. The summed E-state index contributed by atoms with van der Waals surface area (Å²) in [5.74, 6) is -0.310. The maximum Gasteiger partial charge on any atom is 0.269 e. The fourth-order valence-electron chi connectivity index (χ4n) is 1.18. The molecule has 0 saturated carbocycles. The molecule has 1 atom stereocenters. The van der Waals surface area contributed by atoms with Crippen LogP contribution in [0.3, 0.4) is 0 Å². The number of non-ortho nitro benzene ring substituents is 1. The van der Waals surface area contributed by atoms with E-state index in [2.05, 4.69) is 15.5 Å². The number of nitrogens with one attached hydrogen (secondary N) is 1. The van der Waals surface area contributed by atoms with Crippen molar-refractivity contribution in [2.45, 2.75) is 5.37 Å². The Balaban J connectivity index is 2.07. The summed E-state index contributed by atoms with van der Waals surface area (Å²) in [5, 5.41) is 19.8. The third-order valence-corrected chi connectivity index (χ3v) is 3.25. The van der Waals surface area contributed by atoms with Crippen molar-refractivity contribution in [2.24, 2.45) is 10.2 Å². The fourth-order valence-corrected chi connectivity index (χ4v) is 2.18. The minimum atomic E-state index is -0.687. The molecule has 0 aromatic heterocycles. The van der Waals surface area contributed by atoms with Crippen molar-refractivity contribution in [1.82, 2.24) is 5.32 Å². The van der Waals surface area contributed by atoms with Crippen molar-refractivity contribution in [1.29, 1.82) is 0 Å². The summed E-state index contributed by atoms with van der Waals surface area (Å²) in [4.78, 5) is 21.2. The zero-order valence-electron chi connectivity index (χ0n) is 8.77. The third-order valence-electron chi connectivity index (χ3n) is 2.01. The van der Waals surface area contributed by atoms with E-state index in [9.17, 15) is 14.9 Å². The van der Waals surface area contributed by atoms with Crippen LogP contribution in [-0.4, -0.2) is 20.5 Å². The van der Waals surface area contributed by atoms with Gasteiger partial charge in [0.15, 0.2) is 0 Å². The molecule has 1 amide bonds. The molecule has 1 aromatic carbocycles. The van der Waals surface area contributed by atoms with Crippen molar-refractivity contribution >= 4 is 45.6 Å². The van der Waals surface area contributed by atoms with E-state index in [1.54, 1.807) is 0 Å². The molecule has 92 valence electrons. The van der Waals surface area contributed by atoms with Gasteiger partial charge in [0, 0.05) is 12.1 Å². The minimum Gasteiger partial charge on any atom is -0.309 e. The Bertz CT molecular complexity index is 543. The van der Waals surface area contributed by atoms with Crippen LogP contribution in [0.25, 0.3) is 0 Å². The lowest BCUT2D eigenvalue weighted by molar-refractivity contribution is -0.384. The van der Waals surface area contributed by atoms with Crippen LogP contribution < -0.4 is 5.32 Å². The van der Waals surface area contributed by atoms with Gasteiger partial charge in [0.05, 0.1) is 10.6 Å². The Morgan fingerprint density at radius 1 is 1.39 bits per heavy atom. The molecule has 1 unspecified atom stereocenters. The lowest BCUT2D eigenvalue weighted by Gasteiger charge is -1.96. The van der Waals surface area contributed by atoms with Gasteiger partial charge in [0.25, 0.3) is 11.6 Å². The Kier molecular flexibility index (Phi) is 3.63. The summed E-state index contributed by atoms with van der Waals surface area (Å²) in [7, 11) is 0. The van der Waals surface area contributed by atoms with Crippen LogP contribution >= 0.6 is 24.0 Å². The number of carbonyl (C=O) groups is 1. The molecular formula is C9H6N4O3S2. The molecule has 1 heterocycles. The van der Waals surface area contributed by atoms with E-state index in [-0.39, 0.29) is 11.6 Å². The van der Waals surface area contributed by atoms with Gasteiger partial charge in [0.1, 0.15) is 4.32 Å². The van der Waals surface area contributed by atoms with Crippen molar-refractivity contribution in [3.63, 3.8) is 0 Å². The third kappa shape index (κ3) is 2.87. The molecule has 7 nitrogen and oxygen atoms in total. The van der Waals surface area contributed by atoms with Gasteiger partial charge >= 0.3 is 0 Å². The highest BCUT2D eigenvalue weighted by Crippen LogP contribution is 2.23. The summed E-state index contributed by atoms with van der Waals surface area (Å²) in [5.41, 5.74) is 0.412. The molecule has 1 N–H and O–H groups in total. The number of benzene rings is 1. The van der Waals surface area contributed by atoms with Gasteiger partial charge in [-0.1, -0.05) is 24.0 Å². The van der Waals surface area contributed by atoms with Gasteiger partial charge in [-0.3, -0.25) is 14.9 Å². The van der Waals surface area contributed by atoms with E-state index >= 15 is 0 Å². The molecular weight excluding hydrogens is 276 g/mol. The lowest BCUT2D eigenvalue weighted by atomic mass is 10.3. The van der Waals surface area contributed by atoms with Crippen molar-refractivity contribution in [2.75, 3.05) is 0 Å². The Morgan fingerprint density at radius 3 is 2.56 bits per heavy atom. The predicted molar refractivity (Wildman–Crippen MR) is 69.7 cm³/mol. The molecule has 2 rings (SSSR count). The maximum atomic E-state index is 11.3. The summed E-state index contributed by atoms with van der Waals surface area (Å²) >= 11 is 5.91. The number of hydrogen-bond acceptors (Lipinski definition) is 7. The van der Waals surface area contributed by atoms with E-state index in [1.807, 2.05) is 0 Å². The van der Waals surface area contributed by atoms with Crippen LogP contribution in [0.2, 0.25) is 0 Å². The first-order valence-corrected chi connectivity index (χ1v) is 6.02. The zero-order chi connectivity index (χ0) is 13.1. The summed E-state index contributed by atoms with van der Waals surface area (Å²) in [6.45, 7) is 0. The van der Waals surface area contributed by atoms with Gasteiger partial charge < -0.3 is 5.32 Å². The van der Waals surface area contributed by atoms with Crippen LogP contribution in [0.15, 0.2) is 34.5 Å². The van der Waals surface area contributed by atoms with Gasteiger partial charge in [-0.2, -0.15) is 10.2 Å². The number of amides is 1. The standard InChI is InChI=1S/C9H6N4O3S2/c14-7-8(18-9(17)10-7)12-11-5-1-3-6(4-2-5)13(15)16/h1-4,8H,(H,10,14,17). The van der Waals surface area contributed by atoms with E-state index in [0.717, 1.165) is 11.8 Å². The van der Waals surface area contributed by atoms with E-state index in [1.165, 1.54) is 24.3 Å². The van der Waals surface area contributed by atoms with Crippen molar-refractivity contribution < 1.29 is 9.72 Å². The van der Waals surface area contributed by atoms with Gasteiger partial charge in [-0.25, -0.2) is 0 Å². The molecule has 9 heteroatoms. The monoisotopic (exact) mass is 282 g/mol. The summed E-state index contributed by atoms with van der Waals surface area (Å²) < 4.78 is 0.368. The molecule has 1 saturated heterocycles. The molecule has 1 fully saturated rings. The van der Waals surface area contributed by atoms with Crippen LogP contribution in [0.1, 0.15) is 0 Å². The Hall–Kier alpha value is -1.87. The van der Waals surface area contributed by atoms with Gasteiger partial charge in [-0.05, 0) is 12.1 Å². The molecule has 0 bridgehead atoms. The Morgan fingerprint density at radius 2 is 2.06 bits per heavy atom. The SMILES string of the molecule is O=C1NC(=S)SC1N=Nc1ccc([N+](=O)[O-])cc1. The number of hydrogen-bond donors (Lipinski definition) is 1. The number of nitrogens with zero attached hydrogens (tertiary/aromatic N) is 3. The summed E-state index contributed by atoms with van der Waals surface area (Å²) in [6.07, 6.45) is 0. The first-order chi connectivity index (χ1) is 8.56. The highest BCUT2D eigenvalue weighted by atomic mass is 32.2. The van der Waals surface area contributed by atoms with E-state index < -0.39 is 10.3 Å². The molecule has 0 spiro atoms. The number of carbonyl (C=O) groups excluding carboxylic acids is 1. The number of nitro benzene ring substituents is 1. The number of nitro groups is 1. The topological polar surface area (TPSA) is 97.0 Å². The van der Waals surface area contributed by atoms with E-state index in [0.29, 0.717) is 10.0 Å². The van der Waals surface area contributed by atoms with Crippen molar-refractivity contribution in [3.05, 3.63) is 34.4 Å². The highest BCUT2D eigenvalue weighted by molar-refractivity contribution is 8.24. The normalized spacial score (nSPS) is 19.2. The van der Waals surface area contributed by atoms with Crippen LogP contribution in [0.4, 0.5) is 11.4 Å². The van der Waals surface area contributed by atoms with Crippen molar-refractivity contribution in [3.8, 4) is 0 Å². The first kappa shape index (κ1) is 12.6. The average molecular weight is 282 g/mol. The van der Waals surface area contributed by atoms with Crippen LogP contribution in [0, 0.1) is 10.1 Å². The predicted octanol–water partition coefficient (Wildman–Crippen LogP) is 2.15. The van der Waals surface area contributed by atoms with Crippen LogP contribution in [0.5, 0.6) is 0 Å². The maximum absolute atomic E-state index is 11.3. The second-order valence-electron chi connectivity index (χ2n) is 3.24. The quantitative estimate of drug-likeness (QED) is 0.396. The minimum absolute atomic E-state index is 0.0249. The molecule has 18 heavy (non-hydrogen) atoms. The van der Waals surface area contributed by atoms with Gasteiger partial charge in [-0.15, -0.1) is 0 Å². The molecule has 1 aliphatic heterocycles. The summed E-state index contributed by atoms with van der Waals surface area (Å²) in [6, 6.07) is 5.55. The van der Waals surface area contributed by atoms with E-state index in [4.69, 9.17) is 12.2 Å². The number of azo groups is 1. The Labute approximate surface area is 111 Å². The van der Waals surface area contributed by atoms with Crippen LogP contribution in [-0.2, 0) is 4.79 Å². The second-order valence-corrected chi connectivity index (χ2v) is 4.99. The first-order valence-electron chi connectivity index (χ1n) is 4.73. The molecule has 0 radical (unpaired) electrons. The zero-order valence-corrected chi connectivity index (χ0v) is 10.4. The molecule has 0 aliphatic carbocycles. The molecule has 1 aromatic rings. The largest absolute Gasteiger partial charge is 0.309 e. The number of thioether (sulfide) groups is 1. The average Bonchev–Trinajstić information content (AvgIpc) is 2.66. The second kappa shape index (κ2) is 5.19. The number of rotatable bonds is 3. The highest BCUT2D eigenvalue weighted by Gasteiger charge is 2.28. The van der Waals surface area contributed by atoms with Gasteiger partial charge in [0.2, 0.25) is 5.37 Å². The fraction of sp³-hybridized carbons (Fsp3) is 0.111. The number of thiocarbonyl (C=S) groups is 1.